The van der Waals surface area contributed by atoms with Gasteiger partial charge in [-0.15, -0.1) is 0 Å². The van der Waals surface area contributed by atoms with Gasteiger partial charge >= 0.3 is 0 Å². The van der Waals surface area contributed by atoms with Crippen LogP contribution in [0.3, 0.4) is 0 Å². The van der Waals surface area contributed by atoms with E-state index in [1.807, 2.05) is 24.3 Å². The number of fused-ring (bicyclic) bond motifs is 6. The maximum absolute atomic E-state index is 13.2. The molecule has 1 aromatic carbocycles. The molecule has 2 aromatic heterocycles. The number of ether oxygens (including phenoxy) is 1. The molecule has 0 aliphatic carbocycles. The summed E-state index contributed by atoms with van der Waals surface area (Å²) in [4.78, 5) is 30.6. The Kier molecular flexibility index (Phi) is 3.23. The van der Waals surface area contributed by atoms with E-state index in [1.165, 1.54) is 11.3 Å². The van der Waals surface area contributed by atoms with Crippen molar-refractivity contribution in [3.63, 3.8) is 0 Å². The van der Waals surface area contributed by atoms with Crippen LogP contribution in [-0.2, 0) is 4.79 Å². The van der Waals surface area contributed by atoms with E-state index in [1.54, 1.807) is 36.0 Å². The third-order valence-electron chi connectivity index (χ3n) is 5.00. The van der Waals surface area contributed by atoms with Crippen LogP contribution in [-0.4, -0.2) is 16.2 Å². The molecule has 7 nitrogen and oxygen atoms in total. The highest BCUT2D eigenvalue weighted by atomic mass is 32.1. The Morgan fingerprint density at radius 3 is 2.89 bits per heavy atom. The number of hydrogen-bond donors (Lipinski definition) is 1. The molecule has 2 aliphatic rings. The Balaban J connectivity index is 1.85. The molecular formula is C19H15N3O4S. The van der Waals surface area contributed by atoms with Crippen molar-refractivity contribution in [1.29, 1.82) is 0 Å². The Morgan fingerprint density at radius 1 is 1.33 bits per heavy atom. The maximum atomic E-state index is 13.2. The first-order valence-electron chi connectivity index (χ1n) is 8.42. The molecule has 2 aliphatic heterocycles. The van der Waals surface area contributed by atoms with Crippen molar-refractivity contribution in [2.45, 2.75) is 18.7 Å². The highest BCUT2D eigenvalue weighted by Crippen LogP contribution is 2.46. The lowest BCUT2D eigenvalue weighted by Crippen LogP contribution is -2.59. The van der Waals surface area contributed by atoms with Crippen molar-refractivity contribution in [2.24, 2.45) is 16.6 Å². The number of carbonyl (C=O) groups excluding carboxylic acids is 1. The zero-order chi connectivity index (χ0) is 18.8. The summed E-state index contributed by atoms with van der Waals surface area (Å²) in [7, 11) is 0. The van der Waals surface area contributed by atoms with Crippen molar-refractivity contribution < 1.29 is 13.9 Å². The zero-order valence-corrected chi connectivity index (χ0v) is 15.1. The smallest absolute Gasteiger partial charge is 0.271 e. The number of rotatable bonds is 2. The summed E-state index contributed by atoms with van der Waals surface area (Å²) in [5.41, 5.74) is 5.07. The zero-order valence-electron chi connectivity index (χ0n) is 14.3. The SMILES string of the molecule is C[C@@]12N=c3s/c(=C\c4ccco4)c(=O)n3[C@H](c3ccccc3O1)[C@H]2C(N)=O. The monoisotopic (exact) mass is 381 g/mol. The van der Waals surface area contributed by atoms with E-state index in [9.17, 15) is 9.59 Å². The van der Waals surface area contributed by atoms with Gasteiger partial charge in [-0.1, -0.05) is 29.5 Å². The van der Waals surface area contributed by atoms with Gasteiger partial charge in [0.25, 0.3) is 5.56 Å². The first-order chi connectivity index (χ1) is 13.0. The van der Waals surface area contributed by atoms with Crippen LogP contribution in [0.1, 0.15) is 24.3 Å². The lowest BCUT2D eigenvalue weighted by molar-refractivity contribution is -0.133. The minimum Gasteiger partial charge on any atom is -0.465 e. The Bertz CT molecular complexity index is 1240. The number of furan rings is 1. The average molecular weight is 381 g/mol. The Hall–Kier alpha value is -3.13. The third kappa shape index (κ3) is 2.23. The molecule has 27 heavy (non-hydrogen) atoms. The van der Waals surface area contributed by atoms with Crippen molar-refractivity contribution in [3.8, 4) is 5.75 Å². The fourth-order valence-electron chi connectivity index (χ4n) is 3.88. The minimum absolute atomic E-state index is 0.231. The minimum atomic E-state index is -1.16. The maximum Gasteiger partial charge on any atom is 0.271 e. The molecule has 3 atom stereocenters. The van der Waals surface area contributed by atoms with Gasteiger partial charge in [0.2, 0.25) is 11.6 Å². The third-order valence-corrected chi connectivity index (χ3v) is 5.99. The summed E-state index contributed by atoms with van der Waals surface area (Å²) in [6.45, 7) is 1.73. The van der Waals surface area contributed by atoms with Gasteiger partial charge in [0.1, 0.15) is 17.4 Å². The largest absolute Gasteiger partial charge is 0.465 e. The standard InChI is InChI=1S/C19H15N3O4S/c1-19-14(16(20)23)15(11-6-2-3-7-12(11)26-19)22-17(24)13(27-18(22)21-19)9-10-5-4-8-25-10/h2-9,14-15H,1H3,(H2,20,23)/b13-9-/t14-,15+,19+/m0/s1. The molecule has 136 valence electrons. The van der Waals surface area contributed by atoms with Gasteiger partial charge in [-0.05, 0) is 25.1 Å². The van der Waals surface area contributed by atoms with E-state index in [2.05, 4.69) is 4.99 Å². The number of aromatic nitrogens is 1. The van der Waals surface area contributed by atoms with Gasteiger partial charge < -0.3 is 14.9 Å². The Labute approximate surface area is 157 Å². The van der Waals surface area contributed by atoms with Crippen LogP contribution < -0.4 is 25.4 Å². The number of hydrogen-bond acceptors (Lipinski definition) is 6. The lowest BCUT2D eigenvalue weighted by atomic mass is 9.81. The summed E-state index contributed by atoms with van der Waals surface area (Å²) in [6.07, 6.45) is 3.22. The van der Waals surface area contributed by atoms with Gasteiger partial charge in [-0.3, -0.25) is 14.2 Å². The molecule has 3 aromatic rings. The summed E-state index contributed by atoms with van der Waals surface area (Å²) in [6, 6.07) is 10.3. The average Bonchev–Trinajstić information content (AvgIpc) is 3.22. The van der Waals surface area contributed by atoms with Crippen LogP contribution in [0.25, 0.3) is 6.08 Å². The molecule has 0 unspecified atom stereocenters. The van der Waals surface area contributed by atoms with E-state index in [0.717, 1.165) is 5.56 Å². The van der Waals surface area contributed by atoms with E-state index in [4.69, 9.17) is 14.9 Å². The number of benzene rings is 1. The number of primary amides is 1. The molecule has 0 radical (unpaired) electrons. The number of carbonyl (C=O) groups is 1. The highest BCUT2D eigenvalue weighted by Gasteiger charge is 2.54. The second kappa shape index (κ2) is 5.43. The summed E-state index contributed by atoms with van der Waals surface area (Å²) in [5.74, 6) is -0.167. The quantitative estimate of drug-likeness (QED) is 0.708. The lowest BCUT2D eigenvalue weighted by Gasteiger charge is -2.44. The van der Waals surface area contributed by atoms with Crippen LogP contribution in [0, 0.1) is 5.92 Å². The molecule has 0 spiro atoms. The van der Waals surface area contributed by atoms with E-state index in [0.29, 0.717) is 20.8 Å². The van der Waals surface area contributed by atoms with Crippen LogP contribution in [0.2, 0.25) is 0 Å². The van der Waals surface area contributed by atoms with Gasteiger partial charge in [0.05, 0.1) is 16.8 Å². The molecular weight excluding hydrogens is 366 g/mol. The number of para-hydroxylation sites is 1. The highest BCUT2D eigenvalue weighted by molar-refractivity contribution is 7.07. The number of thiazole rings is 1. The van der Waals surface area contributed by atoms with Gasteiger partial charge in [-0.25, -0.2) is 4.99 Å². The van der Waals surface area contributed by atoms with Crippen molar-refractivity contribution in [3.05, 3.63) is 73.7 Å². The van der Waals surface area contributed by atoms with Gasteiger partial charge in [-0.2, -0.15) is 0 Å². The summed E-state index contributed by atoms with van der Waals surface area (Å²) in [5, 5.41) is 0. The van der Waals surface area contributed by atoms with Crippen LogP contribution in [0.5, 0.6) is 5.75 Å². The summed E-state index contributed by atoms with van der Waals surface area (Å²) >= 11 is 1.24. The van der Waals surface area contributed by atoms with Gasteiger partial charge in [0, 0.05) is 11.6 Å². The molecule has 0 saturated heterocycles. The van der Waals surface area contributed by atoms with Gasteiger partial charge in [0.15, 0.2) is 4.80 Å². The molecule has 4 heterocycles. The topological polar surface area (TPSA) is 99.8 Å². The predicted molar refractivity (Wildman–Crippen MR) is 97.9 cm³/mol. The first kappa shape index (κ1) is 16.1. The molecule has 0 fully saturated rings. The number of nitrogens with two attached hydrogens (primary N) is 1. The predicted octanol–water partition coefficient (Wildman–Crippen LogP) is 0.764. The second-order valence-electron chi connectivity index (χ2n) is 6.72. The molecule has 1 amide bonds. The van der Waals surface area contributed by atoms with E-state index in [-0.39, 0.29) is 5.56 Å². The van der Waals surface area contributed by atoms with Crippen molar-refractivity contribution >= 4 is 23.3 Å². The Morgan fingerprint density at radius 2 is 2.15 bits per heavy atom. The van der Waals surface area contributed by atoms with Crippen molar-refractivity contribution in [2.75, 3.05) is 0 Å². The molecule has 8 heteroatoms. The summed E-state index contributed by atoms with van der Waals surface area (Å²) < 4.78 is 13.4. The van der Waals surface area contributed by atoms with Crippen LogP contribution in [0.4, 0.5) is 0 Å². The fraction of sp³-hybridized carbons (Fsp3) is 0.211. The molecule has 2 bridgehead atoms. The van der Waals surface area contributed by atoms with Crippen molar-refractivity contribution in [1.82, 2.24) is 4.57 Å². The first-order valence-corrected chi connectivity index (χ1v) is 9.23. The number of amides is 1. The molecule has 5 rings (SSSR count). The molecule has 0 saturated carbocycles. The van der Waals surface area contributed by atoms with Crippen LogP contribution >= 0.6 is 11.3 Å². The second-order valence-corrected chi connectivity index (χ2v) is 7.72. The fourth-order valence-corrected chi connectivity index (χ4v) is 4.96. The normalized spacial score (nSPS) is 25.9. The number of nitrogens with zero attached hydrogens (tertiary/aromatic N) is 2. The molecule has 2 N–H and O–H groups in total. The van der Waals surface area contributed by atoms with E-state index < -0.39 is 23.6 Å². The van der Waals surface area contributed by atoms with Crippen LogP contribution in [0.15, 0.2) is 56.9 Å². The van der Waals surface area contributed by atoms with E-state index >= 15 is 0 Å².